The van der Waals surface area contributed by atoms with E-state index in [2.05, 4.69) is 5.32 Å². The van der Waals surface area contributed by atoms with E-state index in [1.165, 1.54) is 0 Å². The molecule has 1 aromatic rings. The minimum absolute atomic E-state index is 0.0257. The van der Waals surface area contributed by atoms with E-state index in [4.69, 9.17) is 16.3 Å². The fraction of sp³-hybridized carbons (Fsp3) is 0.462. The Hall–Kier alpha value is -1.26. The normalized spacial score (nSPS) is 26.4. The van der Waals surface area contributed by atoms with Gasteiger partial charge in [-0.1, -0.05) is 17.7 Å². The van der Waals surface area contributed by atoms with Crippen LogP contribution in [0.4, 0.5) is 5.69 Å². The third-order valence-electron chi connectivity index (χ3n) is 3.17. The Bertz CT molecular complexity index is 444. The fourth-order valence-electron chi connectivity index (χ4n) is 2.24. The molecule has 1 saturated carbocycles. The van der Waals surface area contributed by atoms with Crippen LogP contribution in [-0.4, -0.2) is 29.3 Å². The van der Waals surface area contributed by atoms with Crippen molar-refractivity contribution in [1.29, 1.82) is 0 Å². The van der Waals surface area contributed by atoms with Crippen LogP contribution < -0.4 is 5.32 Å². The molecule has 1 fully saturated rings. The minimum Gasteiger partial charge on any atom is -0.480 e. The minimum atomic E-state index is -0.926. The SMILES string of the molecule is CCOC1CC(Nc2cccc(Cl)c2)(C(=O)O)C1. The number of carboxylic acids is 1. The highest BCUT2D eigenvalue weighted by molar-refractivity contribution is 6.30. The van der Waals surface area contributed by atoms with E-state index >= 15 is 0 Å². The third kappa shape index (κ3) is 2.60. The van der Waals surface area contributed by atoms with E-state index in [-0.39, 0.29) is 6.10 Å². The van der Waals surface area contributed by atoms with Crippen LogP contribution >= 0.6 is 11.6 Å². The first kappa shape index (κ1) is 13.2. The predicted octanol–water partition coefficient (Wildman–Crippen LogP) is 2.77. The monoisotopic (exact) mass is 269 g/mol. The molecule has 0 aliphatic heterocycles. The largest absolute Gasteiger partial charge is 0.480 e. The number of benzene rings is 1. The molecular formula is C13H16ClNO3. The Kier molecular flexibility index (Phi) is 3.78. The average Bonchev–Trinajstić information content (AvgIpc) is 2.25. The maximum Gasteiger partial charge on any atom is 0.329 e. The van der Waals surface area contributed by atoms with Crippen LogP contribution in [0.3, 0.4) is 0 Å². The third-order valence-corrected chi connectivity index (χ3v) is 3.41. The summed E-state index contributed by atoms with van der Waals surface area (Å²) >= 11 is 5.88. The first-order valence-electron chi connectivity index (χ1n) is 5.94. The van der Waals surface area contributed by atoms with E-state index in [1.807, 2.05) is 13.0 Å². The van der Waals surface area contributed by atoms with Crippen molar-refractivity contribution in [1.82, 2.24) is 0 Å². The highest BCUT2D eigenvalue weighted by Crippen LogP contribution is 2.38. The number of hydrogen-bond donors (Lipinski definition) is 2. The molecule has 1 aromatic carbocycles. The molecule has 2 N–H and O–H groups in total. The lowest BCUT2D eigenvalue weighted by Crippen LogP contribution is -2.59. The molecule has 0 amide bonds. The lowest BCUT2D eigenvalue weighted by molar-refractivity contribution is -0.152. The van der Waals surface area contributed by atoms with Gasteiger partial charge in [0.05, 0.1) is 6.10 Å². The lowest BCUT2D eigenvalue weighted by atomic mass is 9.74. The number of aliphatic carboxylic acids is 1. The van der Waals surface area contributed by atoms with Gasteiger partial charge in [0.2, 0.25) is 0 Å². The second kappa shape index (κ2) is 5.16. The molecule has 5 heteroatoms. The number of rotatable bonds is 5. The van der Waals surface area contributed by atoms with Crippen molar-refractivity contribution in [2.45, 2.75) is 31.4 Å². The van der Waals surface area contributed by atoms with Crippen molar-refractivity contribution in [3.05, 3.63) is 29.3 Å². The van der Waals surface area contributed by atoms with E-state index in [0.29, 0.717) is 24.5 Å². The molecule has 0 atom stereocenters. The number of nitrogens with one attached hydrogen (secondary N) is 1. The summed E-state index contributed by atoms with van der Waals surface area (Å²) in [5, 5.41) is 13.0. The van der Waals surface area contributed by atoms with Crippen molar-refractivity contribution in [3.63, 3.8) is 0 Å². The summed E-state index contributed by atoms with van der Waals surface area (Å²) in [5.74, 6) is -0.849. The Morgan fingerprint density at radius 2 is 2.33 bits per heavy atom. The standard InChI is InChI=1S/C13H16ClNO3/c1-2-18-11-7-13(8-11,12(16)17)15-10-5-3-4-9(14)6-10/h3-6,11,15H,2,7-8H2,1H3,(H,16,17). The zero-order chi connectivity index (χ0) is 13.2. The van der Waals surface area contributed by atoms with Crippen molar-refractivity contribution in [3.8, 4) is 0 Å². The van der Waals surface area contributed by atoms with E-state index in [0.717, 1.165) is 5.69 Å². The molecule has 1 aliphatic carbocycles. The number of carbonyl (C=O) groups is 1. The number of anilines is 1. The van der Waals surface area contributed by atoms with E-state index < -0.39 is 11.5 Å². The van der Waals surface area contributed by atoms with E-state index in [1.54, 1.807) is 18.2 Å². The Balaban J connectivity index is 2.07. The van der Waals surface area contributed by atoms with E-state index in [9.17, 15) is 9.90 Å². The summed E-state index contributed by atoms with van der Waals surface area (Å²) < 4.78 is 5.42. The molecule has 0 aromatic heterocycles. The van der Waals surface area contributed by atoms with Gasteiger partial charge in [-0.15, -0.1) is 0 Å². The molecule has 0 radical (unpaired) electrons. The van der Waals surface area contributed by atoms with Gasteiger partial charge in [0.15, 0.2) is 0 Å². The first-order chi connectivity index (χ1) is 8.55. The molecule has 0 heterocycles. The molecule has 98 valence electrons. The second-order valence-electron chi connectivity index (χ2n) is 4.51. The molecule has 0 spiro atoms. The maximum absolute atomic E-state index is 11.4. The van der Waals surface area contributed by atoms with Crippen LogP contribution in [0.5, 0.6) is 0 Å². The number of hydrogen-bond acceptors (Lipinski definition) is 3. The van der Waals surface area contributed by atoms with Crippen LogP contribution in [0.2, 0.25) is 5.02 Å². The predicted molar refractivity (Wildman–Crippen MR) is 70.1 cm³/mol. The highest BCUT2D eigenvalue weighted by atomic mass is 35.5. The molecule has 2 rings (SSSR count). The highest BCUT2D eigenvalue weighted by Gasteiger charge is 2.51. The molecule has 0 bridgehead atoms. The summed E-state index contributed by atoms with van der Waals surface area (Å²) in [4.78, 5) is 11.4. The van der Waals surface area contributed by atoms with Crippen LogP contribution in [0.25, 0.3) is 0 Å². The van der Waals surface area contributed by atoms with Crippen LogP contribution in [-0.2, 0) is 9.53 Å². The summed E-state index contributed by atoms with van der Waals surface area (Å²) in [7, 11) is 0. The van der Waals surface area contributed by atoms with Crippen LogP contribution in [0.15, 0.2) is 24.3 Å². The van der Waals surface area contributed by atoms with Gasteiger partial charge in [-0.05, 0) is 25.1 Å². The van der Waals surface area contributed by atoms with Gasteiger partial charge in [0.1, 0.15) is 5.54 Å². The first-order valence-corrected chi connectivity index (χ1v) is 6.32. The molecular weight excluding hydrogens is 254 g/mol. The zero-order valence-electron chi connectivity index (χ0n) is 10.1. The van der Waals surface area contributed by atoms with Gasteiger partial charge in [-0.25, -0.2) is 4.79 Å². The van der Waals surface area contributed by atoms with Crippen molar-refractivity contribution < 1.29 is 14.6 Å². The second-order valence-corrected chi connectivity index (χ2v) is 4.94. The Morgan fingerprint density at radius 3 is 2.89 bits per heavy atom. The number of halogens is 1. The summed E-state index contributed by atoms with van der Waals surface area (Å²) in [6.07, 6.45) is 0.976. The van der Waals surface area contributed by atoms with Crippen molar-refractivity contribution in [2.24, 2.45) is 0 Å². The lowest BCUT2D eigenvalue weighted by Gasteiger charge is -2.44. The molecule has 1 aliphatic rings. The van der Waals surface area contributed by atoms with Crippen molar-refractivity contribution in [2.75, 3.05) is 11.9 Å². The topological polar surface area (TPSA) is 58.6 Å². The van der Waals surface area contributed by atoms with Gasteiger partial charge >= 0.3 is 5.97 Å². The van der Waals surface area contributed by atoms with Gasteiger partial charge in [-0.3, -0.25) is 0 Å². The average molecular weight is 270 g/mol. The van der Waals surface area contributed by atoms with Gasteiger partial charge in [0, 0.05) is 30.2 Å². The van der Waals surface area contributed by atoms with Crippen LogP contribution in [0.1, 0.15) is 19.8 Å². The quantitative estimate of drug-likeness (QED) is 0.863. The number of carboxylic acid groups (broad SMARTS) is 1. The van der Waals surface area contributed by atoms with Gasteiger partial charge in [-0.2, -0.15) is 0 Å². The van der Waals surface area contributed by atoms with Gasteiger partial charge in [0.25, 0.3) is 0 Å². The Labute approximate surface area is 111 Å². The molecule has 4 nitrogen and oxygen atoms in total. The van der Waals surface area contributed by atoms with Gasteiger partial charge < -0.3 is 15.2 Å². The fourth-order valence-corrected chi connectivity index (χ4v) is 2.43. The van der Waals surface area contributed by atoms with Crippen LogP contribution in [0, 0.1) is 0 Å². The molecule has 0 saturated heterocycles. The summed E-state index contributed by atoms with van der Waals surface area (Å²) in [6.45, 7) is 2.52. The zero-order valence-corrected chi connectivity index (χ0v) is 10.9. The maximum atomic E-state index is 11.4. The van der Waals surface area contributed by atoms with Crippen molar-refractivity contribution >= 4 is 23.3 Å². The molecule has 18 heavy (non-hydrogen) atoms. The summed E-state index contributed by atoms with van der Waals surface area (Å²) in [5.41, 5.74) is -0.204. The smallest absolute Gasteiger partial charge is 0.329 e. The molecule has 0 unspecified atom stereocenters. The summed E-state index contributed by atoms with van der Waals surface area (Å²) in [6, 6.07) is 7.08. The Morgan fingerprint density at radius 1 is 1.61 bits per heavy atom. The number of ether oxygens (including phenoxy) is 1.